The maximum Gasteiger partial charge on any atom is 0.488 e. The van der Waals surface area contributed by atoms with E-state index in [0.717, 1.165) is 23.2 Å². The lowest BCUT2D eigenvalue weighted by molar-refractivity contribution is -0.688. The third kappa shape index (κ3) is 5.57. The van der Waals surface area contributed by atoms with Crippen molar-refractivity contribution >= 4 is 23.4 Å². The minimum Gasteiger partial charge on any atom is -0.423 e. The van der Waals surface area contributed by atoms with Crippen molar-refractivity contribution in [2.24, 2.45) is 0 Å². The Balaban J connectivity index is 1.22. The average molecular weight is 522 g/mol. The first-order chi connectivity index (χ1) is 19.5. The van der Waals surface area contributed by atoms with E-state index in [9.17, 15) is 10.0 Å². The molecule has 2 heterocycles. The minimum absolute atomic E-state index is 0.531. The maximum atomic E-state index is 9.67. The van der Waals surface area contributed by atoms with Crippen LogP contribution in [0.4, 0.5) is 0 Å². The lowest BCUT2D eigenvalue weighted by Gasteiger charge is -2.08. The van der Waals surface area contributed by atoms with Gasteiger partial charge in [0.25, 0.3) is 0 Å². The number of aryl methyl sites for hydroxylation is 1. The summed E-state index contributed by atoms with van der Waals surface area (Å²) in [5, 5.41) is 21.8. The first kappa shape index (κ1) is 25.7. The Morgan fingerprint density at radius 3 is 1.57 bits per heavy atom. The Morgan fingerprint density at radius 1 is 0.525 bits per heavy atom. The molecular formula is C35H31BN2O2+2. The van der Waals surface area contributed by atoms with Gasteiger partial charge in [0.15, 0.2) is 37.9 Å². The molecule has 0 saturated heterocycles. The summed E-state index contributed by atoms with van der Waals surface area (Å²) in [5.41, 5.74) is 8.75. The molecule has 6 rings (SSSR count). The highest BCUT2D eigenvalue weighted by Gasteiger charge is 2.17. The van der Waals surface area contributed by atoms with Crippen molar-refractivity contribution in [2.45, 2.75) is 20.0 Å². The van der Waals surface area contributed by atoms with E-state index in [1.807, 2.05) is 35.2 Å². The summed E-state index contributed by atoms with van der Waals surface area (Å²) in [7, 11) is -1.48. The Morgan fingerprint density at radius 2 is 1.02 bits per heavy atom. The summed E-state index contributed by atoms with van der Waals surface area (Å²) in [6.45, 7) is 3.59. The molecule has 4 nitrogen and oxygen atoms in total. The predicted molar refractivity (Wildman–Crippen MR) is 161 cm³/mol. The van der Waals surface area contributed by atoms with Crippen LogP contribution in [-0.2, 0) is 13.1 Å². The second-order valence-electron chi connectivity index (χ2n) is 10.3. The number of rotatable bonds is 7. The summed E-state index contributed by atoms with van der Waals surface area (Å²) in [4.78, 5) is 0. The summed E-state index contributed by atoms with van der Waals surface area (Å²) in [6.07, 6.45) is 8.38. The van der Waals surface area contributed by atoms with E-state index in [4.69, 9.17) is 0 Å². The second kappa shape index (κ2) is 11.3. The summed E-state index contributed by atoms with van der Waals surface area (Å²) < 4.78 is 4.27. The van der Waals surface area contributed by atoms with Gasteiger partial charge >= 0.3 is 7.12 Å². The van der Waals surface area contributed by atoms with Crippen LogP contribution >= 0.6 is 0 Å². The zero-order chi connectivity index (χ0) is 27.5. The molecule has 4 aromatic carbocycles. The molecule has 0 spiro atoms. The Bertz CT molecular complexity index is 1780. The van der Waals surface area contributed by atoms with Gasteiger partial charge < -0.3 is 10.0 Å². The summed E-state index contributed by atoms with van der Waals surface area (Å²) in [5.74, 6) is 0. The van der Waals surface area contributed by atoms with Crippen molar-refractivity contribution in [3.8, 4) is 22.3 Å². The van der Waals surface area contributed by atoms with E-state index in [1.54, 1.807) is 6.07 Å². The normalized spacial score (nSPS) is 11.1. The molecule has 0 bridgehead atoms. The van der Waals surface area contributed by atoms with Crippen LogP contribution in [0.1, 0.15) is 16.7 Å². The highest BCUT2D eigenvalue weighted by Crippen LogP contribution is 2.28. The fourth-order valence-electron chi connectivity index (χ4n) is 5.23. The standard InChI is InChI=1S/C35H31BN2O2/c1-26-6-2-3-7-32(26)24-37-18-14-28(15-19-37)30-12-10-27-11-13-31(23-34(27)22-30)29-16-20-38(21-17-29)25-33-8-4-5-9-35(33)36(39)40/h2-23,39-40H,24-25H2,1H3/q+2. The van der Waals surface area contributed by atoms with Gasteiger partial charge in [0.05, 0.1) is 0 Å². The molecule has 0 amide bonds. The topological polar surface area (TPSA) is 48.2 Å². The lowest BCUT2D eigenvalue weighted by Crippen LogP contribution is -2.40. The first-order valence-corrected chi connectivity index (χ1v) is 13.5. The quantitative estimate of drug-likeness (QED) is 0.233. The molecule has 0 aliphatic carbocycles. The molecular weight excluding hydrogens is 491 g/mol. The van der Waals surface area contributed by atoms with E-state index in [2.05, 4.69) is 109 Å². The fraction of sp³-hybridized carbons (Fsp3) is 0.0857. The Labute approximate surface area is 235 Å². The molecule has 6 aromatic rings. The number of hydrogen-bond acceptors (Lipinski definition) is 2. The van der Waals surface area contributed by atoms with Crippen LogP contribution in [0.2, 0.25) is 0 Å². The molecule has 0 unspecified atom stereocenters. The van der Waals surface area contributed by atoms with Crippen molar-refractivity contribution in [3.63, 3.8) is 0 Å². The third-order valence-electron chi connectivity index (χ3n) is 7.59. The van der Waals surface area contributed by atoms with Crippen LogP contribution in [-0.4, -0.2) is 17.2 Å². The molecule has 0 atom stereocenters. The van der Waals surface area contributed by atoms with E-state index in [1.165, 1.54) is 33.0 Å². The van der Waals surface area contributed by atoms with Crippen molar-refractivity contribution in [1.82, 2.24) is 0 Å². The zero-order valence-corrected chi connectivity index (χ0v) is 22.5. The fourth-order valence-corrected chi connectivity index (χ4v) is 5.23. The molecule has 194 valence electrons. The zero-order valence-electron chi connectivity index (χ0n) is 22.5. The van der Waals surface area contributed by atoms with Gasteiger partial charge in [-0.3, -0.25) is 0 Å². The SMILES string of the molecule is Cc1ccccc1C[n+]1ccc(-c2ccc3ccc(-c4cc[n+](Cc5ccccc5B(O)O)cc4)cc3c2)cc1. The van der Waals surface area contributed by atoms with Crippen molar-refractivity contribution < 1.29 is 19.2 Å². The number of pyridine rings is 2. The second-order valence-corrected chi connectivity index (χ2v) is 10.3. The highest BCUT2D eigenvalue weighted by molar-refractivity contribution is 6.59. The minimum atomic E-state index is -1.48. The van der Waals surface area contributed by atoms with E-state index in [0.29, 0.717) is 12.0 Å². The van der Waals surface area contributed by atoms with Gasteiger partial charge in [0, 0.05) is 35.4 Å². The number of aromatic nitrogens is 2. The summed E-state index contributed by atoms with van der Waals surface area (Å²) >= 11 is 0. The predicted octanol–water partition coefficient (Wildman–Crippen LogP) is 4.83. The van der Waals surface area contributed by atoms with E-state index >= 15 is 0 Å². The van der Waals surface area contributed by atoms with Crippen LogP contribution in [0.15, 0.2) is 134 Å². The van der Waals surface area contributed by atoms with Gasteiger partial charge in [-0.1, -0.05) is 72.8 Å². The van der Waals surface area contributed by atoms with Gasteiger partial charge in [0.2, 0.25) is 0 Å². The number of nitrogens with zero attached hydrogens (tertiary/aromatic N) is 2. The molecule has 0 fully saturated rings. The van der Waals surface area contributed by atoms with Crippen LogP contribution in [0.3, 0.4) is 0 Å². The van der Waals surface area contributed by atoms with Gasteiger partial charge in [-0.25, -0.2) is 9.13 Å². The van der Waals surface area contributed by atoms with E-state index < -0.39 is 7.12 Å². The number of fused-ring (bicyclic) bond motifs is 1. The van der Waals surface area contributed by atoms with Crippen LogP contribution in [0.5, 0.6) is 0 Å². The molecule has 5 heteroatoms. The van der Waals surface area contributed by atoms with Crippen LogP contribution < -0.4 is 14.6 Å². The molecule has 40 heavy (non-hydrogen) atoms. The number of benzene rings is 4. The third-order valence-corrected chi connectivity index (χ3v) is 7.59. The van der Waals surface area contributed by atoms with Crippen molar-refractivity contribution in [3.05, 3.63) is 151 Å². The molecule has 0 radical (unpaired) electrons. The van der Waals surface area contributed by atoms with E-state index in [-0.39, 0.29) is 0 Å². The number of hydrogen-bond donors (Lipinski definition) is 2. The van der Waals surface area contributed by atoms with Gasteiger partial charge in [0.1, 0.15) is 0 Å². The molecule has 0 aliphatic rings. The average Bonchev–Trinajstić information content (AvgIpc) is 2.99. The monoisotopic (exact) mass is 522 g/mol. The largest absolute Gasteiger partial charge is 0.488 e. The lowest BCUT2D eigenvalue weighted by atomic mass is 9.77. The molecule has 0 aliphatic heterocycles. The van der Waals surface area contributed by atoms with Gasteiger partial charge in [-0.2, -0.15) is 0 Å². The van der Waals surface area contributed by atoms with Crippen LogP contribution in [0, 0.1) is 6.92 Å². The van der Waals surface area contributed by atoms with Gasteiger partial charge in [-0.05, 0) is 63.1 Å². The van der Waals surface area contributed by atoms with Gasteiger partial charge in [-0.15, -0.1) is 0 Å². The molecule has 2 N–H and O–H groups in total. The first-order valence-electron chi connectivity index (χ1n) is 13.5. The molecule has 0 saturated carbocycles. The van der Waals surface area contributed by atoms with Crippen molar-refractivity contribution in [2.75, 3.05) is 0 Å². The molecule has 2 aromatic heterocycles. The smallest absolute Gasteiger partial charge is 0.423 e. The highest BCUT2D eigenvalue weighted by atomic mass is 16.4. The maximum absolute atomic E-state index is 9.67. The van der Waals surface area contributed by atoms with Crippen LogP contribution in [0.25, 0.3) is 33.0 Å². The Hall–Kier alpha value is -4.58. The van der Waals surface area contributed by atoms with Crippen molar-refractivity contribution in [1.29, 1.82) is 0 Å². The Kier molecular flexibility index (Phi) is 7.24. The summed E-state index contributed by atoms with van der Waals surface area (Å²) in [6, 6.07) is 37.7.